The molecule has 0 fully saturated rings. The lowest BCUT2D eigenvalue weighted by Gasteiger charge is -2.19. The number of rotatable bonds is 12. The molecule has 0 aliphatic heterocycles. The van der Waals surface area contributed by atoms with E-state index in [0.717, 1.165) is 48.1 Å². The minimum atomic E-state index is -0.598. The summed E-state index contributed by atoms with van der Waals surface area (Å²) in [6.07, 6.45) is 5.74. The Balaban J connectivity index is 1.64. The lowest BCUT2D eigenvalue weighted by molar-refractivity contribution is -0.151. The standard InChI is InChI=1S/C25H30N2O5S/c1-3-5-6-7-23(28)32-21(20-13-10-17(4-2)15-26-20)16-31-19-11-8-18(9-12-19)14-22-24(29)27-25(30)33-22/h8-13,15,21,29H,3-7,14,16H2,1-2H3,(H,27,30). The number of aromatic hydroxyl groups is 1. The van der Waals surface area contributed by atoms with E-state index < -0.39 is 6.10 Å². The highest BCUT2D eigenvalue weighted by atomic mass is 32.1. The molecule has 0 saturated heterocycles. The average Bonchev–Trinajstić information content (AvgIpc) is 3.14. The van der Waals surface area contributed by atoms with E-state index in [-0.39, 0.29) is 23.3 Å². The van der Waals surface area contributed by atoms with E-state index in [1.165, 1.54) is 0 Å². The van der Waals surface area contributed by atoms with Gasteiger partial charge in [0, 0.05) is 19.0 Å². The average molecular weight is 471 g/mol. The van der Waals surface area contributed by atoms with Crippen molar-refractivity contribution >= 4 is 17.3 Å². The van der Waals surface area contributed by atoms with Gasteiger partial charge in [-0.3, -0.25) is 19.6 Å². The molecule has 1 unspecified atom stereocenters. The number of nitrogens with zero attached hydrogens (tertiary/aromatic N) is 1. The van der Waals surface area contributed by atoms with Gasteiger partial charge in [-0.15, -0.1) is 0 Å². The molecule has 7 nitrogen and oxygen atoms in total. The Morgan fingerprint density at radius 3 is 2.48 bits per heavy atom. The van der Waals surface area contributed by atoms with Crippen molar-refractivity contribution in [2.45, 2.75) is 58.5 Å². The number of nitrogens with one attached hydrogen (secondary N) is 1. The van der Waals surface area contributed by atoms with Crippen LogP contribution >= 0.6 is 11.3 Å². The number of carbonyl (C=O) groups excluding carboxylic acids is 1. The zero-order valence-corrected chi connectivity index (χ0v) is 19.8. The maximum atomic E-state index is 12.3. The second-order valence-corrected chi connectivity index (χ2v) is 8.87. The summed E-state index contributed by atoms with van der Waals surface area (Å²) in [7, 11) is 0. The second-order valence-electron chi connectivity index (χ2n) is 7.80. The molecule has 0 amide bonds. The first kappa shape index (κ1) is 24.5. The Morgan fingerprint density at radius 2 is 1.88 bits per heavy atom. The fourth-order valence-electron chi connectivity index (χ4n) is 3.29. The molecular formula is C25H30N2O5S. The third kappa shape index (κ3) is 7.46. The maximum Gasteiger partial charge on any atom is 0.307 e. The third-order valence-electron chi connectivity index (χ3n) is 5.23. The number of hydrogen-bond donors (Lipinski definition) is 2. The van der Waals surface area contributed by atoms with Gasteiger partial charge in [-0.1, -0.05) is 56.2 Å². The van der Waals surface area contributed by atoms with Gasteiger partial charge >= 0.3 is 10.8 Å². The molecule has 2 N–H and O–H groups in total. The zero-order valence-electron chi connectivity index (χ0n) is 19.0. The fourth-order valence-corrected chi connectivity index (χ4v) is 4.04. The van der Waals surface area contributed by atoms with Crippen molar-refractivity contribution in [2.24, 2.45) is 0 Å². The number of pyridine rings is 1. The Bertz CT molecular complexity index is 1070. The molecule has 1 atom stereocenters. The third-order valence-corrected chi connectivity index (χ3v) is 6.11. The molecule has 3 rings (SSSR count). The van der Waals surface area contributed by atoms with E-state index in [9.17, 15) is 14.7 Å². The van der Waals surface area contributed by atoms with E-state index in [4.69, 9.17) is 9.47 Å². The first-order valence-electron chi connectivity index (χ1n) is 11.3. The van der Waals surface area contributed by atoms with Gasteiger partial charge in [0.15, 0.2) is 6.10 Å². The van der Waals surface area contributed by atoms with Gasteiger partial charge in [0.05, 0.1) is 10.6 Å². The van der Waals surface area contributed by atoms with Crippen LogP contribution in [0.3, 0.4) is 0 Å². The SMILES string of the molecule is CCCCCC(=O)OC(COc1ccc(Cc2sc(=O)[nH]c2O)cc1)c1ccc(CC)cn1. The molecule has 8 heteroatoms. The van der Waals surface area contributed by atoms with Crippen molar-refractivity contribution in [3.05, 3.63) is 74.0 Å². The summed E-state index contributed by atoms with van der Waals surface area (Å²) in [6.45, 7) is 4.30. The van der Waals surface area contributed by atoms with Gasteiger partial charge in [0.1, 0.15) is 12.4 Å². The van der Waals surface area contributed by atoms with Crippen LogP contribution in [0.15, 0.2) is 47.4 Å². The minimum absolute atomic E-state index is 0.0875. The summed E-state index contributed by atoms with van der Waals surface area (Å²) in [5.41, 5.74) is 2.70. The summed E-state index contributed by atoms with van der Waals surface area (Å²) in [4.78, 5) is 30.8. The van der Waals surface area contributed by atoms with E-state index in [2.05, 4.69) is 23.8 Å². The van der Waals surface area contributed by atoms with E-state index in [1.807, 2.05) is 36.4 Å². The number of aryl methyl sites for hydroxylation is 1. The highest BCUT2D eigenvalue weighted by Gasteiger charge is 2.19. The normalized spacial score (nSPS) is 11.8. The largest absolute Gasteiger partial charge is 0.494 e. The van der Waals surface area contributed by atoms with Crippen LogP contribution in [0.2, 0.25) is 0 Å². The van der Waals surface area contributed by atoms with Gasteiger partial charge in [0.25, 0.3) is 0 Å². The molecule has 176 valence electrons. The molecule has 2 aromatic heterocycles. The topological polar surface area (TPSA) is 102 Å². The molecule has 0 spiro atoms. The predicted octanol–water partition coefficient (Wildman–Crippen LogP) is 4.93. The van der Waals surface area contributed by atoms with Crippen LogP contribution < -0.4 is 9.61 Å². The molecule has 0 saturated carbocycles. The highest BCUT2D eigenvalue weighted by Crippen LogP contribution is 2.23. The molecule has 0 bridgehead atoms. The second kappa shape index (κ2) is 12.2. The van der Waals surface area contributed by atoms with E-state index in [0.29, 0.717) is 29.2 Å². The van der Waals surface area contributed by atoms with Crippen molar-refractivity contribution < 1.29 is 19.4 Å². The van der Waals surface area contributed by atoms with E-state index in [1.54, 1.807) is 6.20 Å². The van der Waals surface area contributed by atoms with Crippen molar-refractivity contribution in [2.75, 3.05) is 6.61 Å². The summed E-state index contributed by atoms with van der Waals surface area (Å²) in [6, 6.07) is 11.2. The zero-order chi connectivity index (χ0) is 23.6. The molecule has 2 heterocycles. The summed E-state index contributed by atoms with van der Waals surface area (Å²) in [5.74, 6) is 0.289. The van der Waals surface area contributed by atoms with Crippen LogP contribution in [0, 0.1) is 0 Å². The molecule has 1 aromatic carbocycles. The monoisotopic (exact) mass is 470 g/mol. The highest BCUT2D eigenvalue weighted by molar-refractivity contribution is 7.09. The molecule has 33 heavy (non-hydrogen) atoms. The van der Waals surface area contributed by atoms with Gasteiger partial charge < -0.3 is 14.6 Å². The Labute approximate surface area is 197 Å². The van der Waals surface area contributed by atoms with Crippen molar-refractivity contribution in [3.63, 3.8) is 0 Å². The van der Waals surface area contributed by atoms with Crippen LogP contribution in [-0.2, 0) is 22.4 Å². The smallest absolute Gasteiger partial charge is 0.307 e. The molecular weight excluding hydrogens is 440 g/mol. The van der Waals surface area contributed by atoms with Gasteiger partial charge in [-0.2, -0.15) is 0 Å². The number of carbonyl (C=O) groups is 1. The first-order chi connectivity index (χ1) is 16.0. The molecule has 0 radical (unpaired) electrons. The number of thiazole rings is 1. The Kier molecular flexibility index (Phi) is 9.06. The van der Waals surface area contributed by atoms with Crippen LogP contribution in [0.25, 0.3) is 0 Å². The lowest BCUT2D eigenvalue weighted by Crippen LogP contribution is -2.19. The van der Waals surface area contributed by atoms with Crippen LogP contribution in [0.5, 0.6) is 11.6 Å². The van der Waals surface area contributed by atoms with Gasteiger partial charge in [-0.05, 0) is 42.2 Å². The van der Waals surface area contributed by atoms with Crippen molar-refractivity contribution in [1.29, 1.82) is 0 Å². The molecule has 0 aliphatic rings. The predicted molar refractivity (Wildman–Crippen MR) is 128 cm³/mol. The summed E-state index contributed by atoms with van der Waals surface area (Å²) in [5, 5.41) is 9.76. The first-order valence-corrected chi connectivity index (χ1v) is 12.1. The molecule has 3 aromatic rings. The number of H-pyrrole nitrogens is 1. The van der Waals surface area contributed by atoms with Crippen LogP contribution in [-0.4, -0.2) is 27.7 Å². The van der Waals surface area contributed by atoms with Gasteiger partial charge in [-0.25, -0.2) is 0 Å². The quantitative estimate of drug-likeness (QED) is 0.287. The minimum Gasteiger partial charge on any atom is -0.494 e. The molecule has 0 aliphatic carbocycles. The Hall–Kier alpha value is -3.13. The number of hydrogen-bond acceptors (Lipinski definition) is 7. The lowest BCUT2D eigenvalue weighted by atomic mass is 10.1. The summed E-state index contributed by atoms with van der Waals surface area (Å²) < 4.78 is 11.6. The summed E-state index contributed by atoms with van der Waals surface area (Å²) >= 11 is 0.992. The number of unbranched alkanes of at least 4 members (excludes halogenated alkanes) is 2. The van der Waals surface area contributed by atoms with Crippen LogP contribution in [0.4, 0.5) is 0 Å². The van der Waals surface area contributed by atoms with E-state index >= 15 is 0 Å². The maximum absolute atomic E-state index is 12.3. The fraction of sp³-hybridized carbons (Fsp3) is 0.400. The van der Waals surface area contributed by atoms with Crippen LogP contribution in [0.1, 0.15) is 67.3 Å². The number of esters is 1. The van der Waals surface area contributed by atoms with Crippen molar-refractivity contribution in [1.82, 2.24) is 9.97 Å². The number of aromatic nitrogens is 2. The number of ether oxygens (including phenoxy) is 2. The number of aromatic amines is 1. The Morgan fingerprint density at radius 1 is 1.12 bits per heavy atom. The van der Waals surface area contributed by atoms with Gasteiger partial charge in [0.2, 0.25) is 5.88 Å². The van der Waals surface area contributed by atoms with Crippen molar-refractivity contribution in [3.8, 4) is 11.6 Å². The number of benzene rings is 1.